The summed E-state index contributed by atoms with van der Waals surface area (Å²) in [4.78, 5) is 30.3. The summed E-state index contributed by atoms with van der Waals surface area (Å²) in [6.45, 7) is 0. The summed E-state index contributed by atoms with van der Waals surface area (Å²) >= 11 is 0. The highest BCUT2D eigenvalue weighted by Crippen LogP contribution is 2.37. The van der Waals surface area contributed by atoms with Gasteiger partial charge in [-0.15, -0.1) is 0 Å². The van der Waals surface area contributed by atoms with Crippen LogP contribution < -0.4 is 24.3 Å². The number of carbonyl (C=O) groups is 2. The molecule has 1 amide bonds. The van der Waals surface area contributed by atoms with E-state index < -0.39 is 11.9 Å². The Labute approximate surface area is 219 Å². The van der Waals surface area contributed by atoms with E-state index in [4.69, 9.17) is 28.1 Å². The molecule has 0 atom stereocenters. The van der Waals surface area contributed by atoms with Gasteiger partial charge in [0.1, 0.15) is 11.5 Å². The molecule has 196 valence electrons. The Kier molecular flexibility index (Phi) is 7.81. The van der Waals surface area contributed by atoms with Gasteiger partial charge in [-0.1, -0.05) is 12.1 Å². The van der Waals surface area contributed by atoms with Crippen LogP contribution in [0.2, 0.25) is 0 Å². The Hall–Kier alpha value is -4.99. The Bertz CT molecular complexity index is 1480. The van der Waals surface area contributed by atoms with Crippen LogP contribution in [-0.2, 0) is 4.74 Å². The molecular formula is C28H26N2O8. The number of hydrogen-bond acceptors (Lipinski definition) is 9. The first-order valence-corrected chi connectivity index (χ1v) is 11.4. The first-order valence-electron chi connectivity index (χ1n) is 11.4. The second-order valence-corrected chi connectivity index (χ2v) is 7.84. The molecule has 1 heterocycles. The molecule has 0 radical (unpaired) electrons. The van der Waals surface area contributed by atoms with Gasteiger partial charge in [-0.25, -0.2) is 9.78 Å². The first-order chi connectivity index (χ1) is 18.4. The van der Waals surface area contributed by atoms with Gasteiger partial charge in [-0.2, -0.15) is 0 Å². The van der Waals surface area contributed by atoms with E-state index >= 15 is 0 Å². The van der Waals surface area contributed by atoms with E-state index in [1.54, 1.807) is 62.9 Å². The van der Waals surface area contributed by atoms with Crippen LogP contribution in [-0.4, -0.2) is 52.4 Å². The molecule has 1 N–H and O–H groups in total. The second kappa shape index (κ2) is 11.4. The number of aromatic nitrogens is 1. The van der Waals surface area contributed by atoms with Crippen molar-refractivity contribution in [3.63, 3.8) is 0 Å². The number of nitrogens with zero attached hydrogens (tertiary/aromatic N) is 1. The third-order valence-corrected chi connectivity index (χ3v) is 5.76. The number of anilines is 1. The van der Waals surface area contributed by atoms with Gasteiger partial charge in [0.2, 0.25) is 5.89 Å². The van der Waals surface area contributed by atoms with Crippen molar-refractivity contribution in [2.75, 3.05) is 40.9 Å². The van der Waals surface area contributed by atoms with Crippen molar-refractivity contribution in [1.29, 1.82) is 0 Å². The van der Waals surface area contributed by atoms with Crippen molar-refractivity contribution >= 4 is 17.6 Å². The normalized spacial score (nSPS) is 10.4. The topological polar surface area (TPSA) is 118 Å². The fourth-order valence-electron chi connectivity index (χ4n) is 3.84. The Balaban J connectivity index is 1.70. The fourth-order valence-corrected chi connectivity index (χ4v) is 3.84. The molecule has 38 heavy (non-hydrogen) atoms. The predicted octanol–water partition coefficient (Wildman–Crippen LogP) is 5.08. The van der Waals surface area contributed by atoms with E-state index in [0.29, 0.717) is 39.9 Å². The molecule has 10 heteroatoms. The van der Waals surface area contributed by atoms with E-state index in [9.17, 15) is 9.59 Å². The lowest BCUT2D eigenvalue weighted by atomic mass is 10.1. The first kappa shape index (κ1) is 26.1. The van der Waals surface area contributed by atoms with Crippen LogP contribution in [0.1, 0.15) is 20.7 Å². The van der Waals surface area contributed by atoms with Crippen LogP contribution in [0.15, 0.2) is 65.2 Å². The average Bonchev–Trinajstić information content (AvgIpc) is 3.46. The zero-order valence-electron chi connectivity index (χ0n) is 21.5. The molecule has 0 fully saturated rings. The smallest absolute Gasteiger partial charge is 0.340 e. The summed E-state index contributed by atoms with van der Waals surface area (Å²) in [5.74, 6) is 1.34. The SMILES string of the molecule is COC(=O)c1cc(OC)c(OC)cc1NC(=O)c1ccccc1-c1ncc(-c2ccc(OC)cc2OC)o1. The number of hydrogen-bond donors (Lipinski definition) is 1. The number of carbonyl (C=O) groups excluding carboxylic acids is 2. The van der Waals surface area contributed by atoms with E-state index in [2.05, 4.69) is 10.3 Å². The van der Waals surface area contributed by atoms with Gasteiger partial charge in [0.05, 0.1) is 64.1 Å². The summed E-state index contributed by atoms with van der Waals surface area (Å²) in [5, 5.41) is 2.77. The van der Waals surface area contributed by atoms with E-state index in [1.165, 1.54) is 33.5 Å². The number of methoxy groups -OCH3 is 5. The molecule has 0 unspecified atom stereocenters. The van der Waals surface area contributed by atoms with Crippen LogP contribution in [0.5, 0.6) is 23.0 Å². The average molecular weight is 519 g/mol. The third-order valence-electron chi connectivity index (χ3n) is 5.76. The van der Waals surface area contributed by atoms with Gasteiger partial charge in [0.25, 0.3) is 5.91 Å². The van der Waals surface area contributed by atoms with Crippen molar-refractivity contribution in [3.8, 4) is 45.8 Å². The minimum atomic E-state index is -0.652. The summed E-state index contributed by atoms with van der Waals surface area (Å²) in [6, 6.07) is 15.1. The van der Waals surface area contributed by atoms with Crippen LogP contribution >= 0.6 is 0 Å². The number of rotatable bonds is 9. The number of benzene rings is 3. The number of esters is 1. The highest BCUT2D eigenvalue weighted by Gasteiger charge is 2.22. The number of oxazole rings is 1. The molecule has 10 nitrogen and oxygen atoms in total. The summed E-state index contributed by atoms with van der Waals surface area (Å²) < 4.78 is 32.3. The molecule has 0 spiro atoms. The summed E-state index contributed by atoms with van der Waals surface area (Å²) in [7, 11) is 7.26. The van der Waals surface area contributed by atoms with Crippen LogP contribution in [0.25, 0.3) is 22.8 Å². The Morgan fingerprint density at radius 3 is 2.16 bits per heavy atom. The van der Waals surface area contributed by atoms with Crippen molar-refractivity contribution < 1.29 is 37.7 Å². The molecule has 4 rings (SSSR count). The van der Waals surface area contributed by atoms with Gasteiger partial charge >= 0.3 is 5.97 Å². The molecule has 0 aliphatic rings. The minimum absolute atomic E-state index is 0.0981. The number of ether oxygens (including phenoxy) is 5. The molecule has 0 saturated heterocycles. The van der Waals surface area contributed by atoms with E-state index in [1.807, 2.05) is 0 Å². The number of nitrogens with one attached hydrogen (secondary N) is 1. The highest BCUT2D eigenvalue weighted by molar-refractivity contribution is 6.11. The third kappa shape index (κ3) is 5.10. The van der Waals surface area contributed by atoms with Gasteiger partial charge in [0.15, 0.2) is 17.3 Å². The van der Waals surface area contributed by atoms with Gasteiger partial charge in [-0.05, 0) is 24.3 Å². The molecule has 0 bridgehead atoms. The highest BCUT2D eigenvalue weighted by atomic mass is 16.5. The molecule has 0 aliphatic heterocycles. The quantitative estimate of drug-likeness (QED) is 0.303. The second-order valence-electron chi connectivity index (χ2n) is 7.84. The fraction of sp³-hybridized carbons (Fsp3) is 0.179. The maximum atomic E-state index is 13.4. The van der Waals surface area contributed by atoms with Crippen molar-refractivity contribution in [1.82, 2.24) is 4.98 Å². The summed E-state index contributed by atoms with van der Waals surface area (Å²) in [5.41, 5.74) is 1.67. The molecule has 3 aromatic carbocycles. The zero-order valence-corrected chi connectivity index (χ0v) is 21.5. The van der Waals surface area contributed by atoms with Gasteiger partial charge in [0, 0.05) is 23.8 Å². The van der Waals surface area contributed by atoms with Crippen molar-refractivity contribution in [2.24, 2.45) is 0 Å². The number of amides is 1. The standard InChI is InChI=1S/C28H26N2O8/c1-33-16-10-11-19(22(12-16)34-2)25-15-29-27(38-25)18-9-7-6-8-17(18)26(31)30-21-14-24(36-4)23(35-3)13-20(21)28(32)37-5/h6-15H,1-5H3,(H,30,31). The minimum Gasteiger partial charge on any atom is -0.497 e. The molecule has 1 aromatic heterocycles. The van der Waals surface area contributed by atoms with Crippen LogP contribution in [0.4, 0.5) is 5.69 Å². The Morgan fingerprint density at radius 1 is 0.763 bits per heavy atom. The van der Waals surface area contributed by atoms with Crippen LogP contribution in [0, 0.1) is 0 Å². The van der Waals surface area contributed by atoms with Crippen molar-refractivity contribution in [3.05, 3.63) is 71.9 Å². The molecular weight excluding hydrogens is 492 g/mol. The maximum Gasteiger partial charge on any atom is 0.340 e. The van der Waals surface area contributed by atoms with E-state index in [0.717, 1.165) is 0 Å². The monoisotopic (exact) mass is 518 g/mol. The summed E-state index contributed by atoms with van der Waals surface area (Å²) in [6.07, 6.45) is 1.55. The largest absolute Gasteiger partial charge is 0.497 e. The van der Waals surface area contributed by atoms with Gasteiger partial charge in [-0.3, -0.25) is 4.79 Å². The molecule has 4 aromatic rings. The van der Waals surface area contributed by atoms with E-state index in [-0.39, 0.29) is 22.7 Å². The maximum absolute atomic E-state index is 13.4. The van der Waals surface area contributed by atoms with Crippen molar-refractivity contribution in [2.45, 2.75) is 0 Å². The molecule has 0 saturated carbocycles. The predicted molar refractivity (Wildman–Crippen MR) is 139 cm³/mol. The zero-order chi connectivity index (χ0) is 27.2. The molecule has 0 aliphatic carbocycles. The van der Waals surface area contributed by atoms with Gasteiger partial charge < -0.3 is 33.4 Å². The van der Waals surface area contributed by atoms with Crippen LogP contribution in [0.3, 0.4) is 0 Å². The Morgan fingerprint density at radius 2 is 1.47 bits per heavy atom. The lowest BCUT2D eigenvalue weighted by Gasteiger charge is -2.15. The lowest BCUT2D eigenvalue weighted by molar-refractivity contribution is 0.0601. The lowest BCUT2D eigenvalue weighted by Crippen LogP contribution is -2.16.